The Morgan fingerprint density at radius 1 is 1.25 bits per heavy atom. The van der Waals surface area contributed by atoms with E-state index >= 15 is 0 Å². The van der Waals surface area contributed by atoms with Crippen molar-refractivity contribution in [1.29, 1.82) is 0 Å². The van der Waals surface area contributed by atoms with E-state index < -0.39 is 0 Å². The predicted molar refractivity (Wildman–Crippen MR) is 94.4 cm³/mol. The van der Waals surface area contributed by atoms with Crippen LogP contribution in [0.3, 0.4) is 0 Å². The number of fused-ring (bicyclic) bond motifs is 1. The molecule has 0 radical (unpaired) electrons. The summed E-state index contributed by atoms with van der Waals surface area (Å²) in [7, 11) is 5.27. The third-order valence-corrected chi connectivity index (χ3v) is 4.27. The van der Waals surface area contributed by atoms with Crippen LogP contribution in [0, 0.1) is 13.8 Å². The Balaban J connectivity index is 2.31. The smallest absolute Gasteiger partial charge is 0.213 e. The highest BCUT2D eigenvalue weighted by atomic mass is 16.5. The molecule has 2 heterocycles. The fourth-order valence-corrected chi connectivity index (χ4v) is 3.00. The zero-order valence-electron chi connectivity index (χ0n) is 14.5. The molecule has 24 heavy (non-hydrogen) atoms. The molecule has 124 valence electrons. The summed E-state index contributed by atoms with van der Waals surface area (Å²) in [5, 5.41) is 5.40. The van der Waals surface area contributed by atoms with Gasteiger partial charge in [-0.1, -0.05) is 0 Å². The molecule has 1 aromatic carbocycles. The molecule has 0 atom stereocenters. The first-order valence-electron chi connectivity index (χ1n) is 7.62. The molecule has 2 aromatic heterocycles. The first-order valence-corrected chi connectivity index (χ1v) is 7.62. The second-order valence-electron chi connectivity index (χ2n) is 5.86. The van der Waals surface area contributed by atoms with Gasteiger partial charge in [-0.25, -0.2) is 0 Å². The Labute approximate surface area is 140 Å². The van der Waals surface area contributed by atoms with E-state index in [1.807, 2.05) is 33.2 Å². The Bertz CT molecular complexity index is 930. The quantitative estimate of drug-likeness (QED) is 0.692. The number of aryl methyl sites for hydroxylation is 3. The number of rotatable bonds is 4. The topological polar surface area (TPSA) is 60.2 Å². The molecule has 0 aliphatic rings. The average Bonchev–Trinajstić information content (AvgIpc) is 2.91. The van der Waals surface area contributed by atoms with Crippen molar-refractivity contribution in [2.75, 3.05) is 19.1 Å². The van der Waals surface area contributed by atoms with Crippen molar-refractivity contribution in [2.24, 2.45) is 7.05 Å². The summed E-state index contributed by atoms with van der Waals surface area (Å²) in [6.07, 6.45) is 4.47. The highest BCUT2D eigenvalue weighted by Gasteiger charge is 2.16. The summed E-state index contributed by atoms with van der Waals surface area (Å²) >= 11 is 0. The van der Waals surface area contributed by atoms with Crippen LogP contribution >= 0.6 is 0 Å². The minimum Gasteiger partial charge on any atom is -0.496 e. The SMILES string of the molecule is COc1cc2ncc(N(C)C=O)c(C)c2cc1-c1cn(C)nc1C. The Kier molecular flexibility index (Phi) is 3.97. The lowest BCUT2D eigenvalue weighted by Gasteiger charge is -2.17. The van der Waals surface area contributed by atoms with Crippen LogP contribution in [0.25, 0.3) is 22.0 Å². The molecular formula is C18H20N4O2. The predicted octanol–water partition coefficient (Wildman–Crippen LogP) is 2.85. The van der Waals surface area contributed by atoms with E-state index in [-0.39, 0.29) is 0 Å². The van der Waals surface area contributed by atoms with Gasteiger partial charge in [-0.15, -0.1) is 0 Å². The normalized spacial score (nSPS) is 10.9. The number of nitrogens with zero attached hydrogens (tertiary/aromatic N) is 4. The van der Waals surface area contributed by atoms with E-state index in [9.17, 15) is 4.79 Å². The minimum atomic E-state index is 0.752. The zero-order chi connectivity index (χ0) is 17.4. The van der Waals surface area contributed by atoms with E-state index in [2.05, 4.69) is 16.1 Å². The number of hydrogen-bond donors (Lipinski definition) is 0. The summed E-state index contributed by atoms with van der Waals surface area (Å²) in [5.74, 6) is 0.752. The van der Waals surface area contributed by atoms with Crippen LogP contribution in [0.4, 0.5) is 5.69 Å². The number of benzene rings is 1. The number of carbonyl (C=O) groups excluding carboxylic acids is 1. The summed E-state index contributed by atoms with van der Waals surface area (Å²) < 4.78 is 7.35. The fraction of sp³-hybridized carbons (Fsp3) is 0.278. The first-order chi connectivity index (χ1) is 11.5. The standard InChI is InChI=1S/C18H20N4O2/c1-11-13-6-14(15-9-22(4)20-12(15)2)18(24-5)7-16(13)19-8-17(11)21(3)10-23/h6-10H,1-5H3. The van der Waals surface area contributed by atoms with Gasteiger partial charge >= 0.3 is 0 Å². The second kappa shape index (κ2) is 5.96. The second-order valence-corrected chi connectivity index (χ2v) is 5.86. The lowest BCUT2D eigenvalue weighted by Crippen LogP contribution is -2.15. The lowest BCUT2D eigenvalue weighted by atomic mass is 10.00. The van der Waals surface area contributed by atoms with Gasteiger partial charge in [-0.2, -0.15) is 5.10 Å². The fourth-order valence-electron chi connectivity index (χ4n) is 3.00. The van der Waals surface area contributed by atoms with E-state index in [0.29, 0.717) is 0 Å². The summed E-state index contributed by atoms with van der Waals surface area (Å²) in [4.78, 5) is 17.1. The zero-order valence-corrected chi connectivity index (χ0v) is 14.5. The molecule has 3 rings (SSSR count). The summed E-state index contributed by atoms with van der Waals surface area (Å²) in [5.41, 5.74) is 5.53. The number of methoxy groups -OCH3 is 1. The highest BCUT2D eigenvalue weighted by Crippen LogP contribution is 2.37. The van der Waals surface area contributed by atoms with E-state index in [1.54, 1.807) is 25.0 Å². The number of aromatic nitrogens is 3. The maximum absolute atomic E-state index is 11.1. The first kappa shape index (κ1) is 16.0. The summed E-state index contributed by atoms with van der Waals surface area (Å²) in [6.45, 7) is 3.96. The maximum Gasteiger partial charge on any atom is 0.213 e. The van der Waals surface area contributed by atoms with Crippen molar-refractivity contribution in [2.45, 2.75) is 13.8 Å². The van der Waals surface area contributed by atoms with E-state index in [0.717, 1.165) is 51.1 Å². The number of anilines is 1. The van der Waals surface area contributed by atoms with Gasteiger partial charge < -0.3 is 9.64 Å². The molecular weight excluding hydrogens is 304 g/mol. The molecule has 0 saturated carbocycles. The molecule has 6 nitrogen and oxygen atoms in total. The van der Waals surface area contributed by atoms with Crippen LogP contribution in [-0.2, 0) is 11.8 Å². The van der Waals surface area contributed by atoms with Crippen molar-refractivity contribution in [3.05, 3.63) is 35.8 Å². The third kappa shape index (κ3) is 2.50. The van der Waals surface area contributed by atoms with Gasteiger partial charge in [-0.3, -0.25) is 14.5 Å². The number of carbonyl (C=O) groups is 1. The Morgan fingerprint density at radius 3 is 2.58 bits per heavy atom. The van der Waals surface area contributed by atoms with Crippen LogP contribution < -0.4 is 9.64 Å². The van der Waals surface area contributed by atoms with Gasteiger partial charge in [0.15, 0.2) is 0 Å². The van der Waals surface area contributed by atoms with E-state index in [4.69, 9.17) is 4.74 Å². The molecule has 6 heteroatoms. The third-order valence-electron chi connectivity index (χ3n) is 4.27. The molecule has 0 fully saturated rings. The van der Waals surface area contributed by atoms with Crippen molar-refractivity contribution < 1.29 is 9.53 Å². The molecule has 0 bridgehead atoms. The molecule has 0 spiro atoms. The number of ether oxygens (including phenoxy) is 1. The number of amides is 1. The Morgan fingerprint density at radius 2 is 2.00 bits per heavy atom. The molecule has 1 amide bonds. The maximum atomic E-state index is 11.1. The Hall–Kier alpha value is -2.89. The highest BCUT2D eigenvalue weighted by molar-refractivity contribution is 5.94. The van der Waals surface area contributed by atoms with Crippen molar-refractivity contribution in [3.63, 3.8) is 0 Å². The van der Waals surface area contributed by atoms with Crippen LogP contribution in [0.2, 0.25) is 0 Å². The van der Waals surface area contributed by atoms with Crippen molar-refractivity contribution in [1.82, 2.24) is 14.8 Å². The number of hydrogen-bond acceptors (Lipinski definition) is 4. The van der Waals surface area contributed by atoms with E-state index in [1.165, 1.54) is 4.90 Å². The van der Waals surface area contributed by atoms with Crippen LogP contribution in [0.5, 0.6) is 5.75 Å². The van der Waals surface area contributed by atoms with Gasteiger partial charge in [0.05, 0.1) is 30.2 Å². The molecule has 0 unspecified atom stereocenters. The summed E-state index contributed by atoms with van der Waals surface area (Å²) in [6, 6.07) is 3.98. The van der Waals surface area contributed by atoms with Gasteiger partial charge in [0, 0.05) is 42.9 Å². The molecule has 0 N–H and O–H groups in total. The molecule has 0 aliphatic carbocycles. The van der Waals surface area contributed by atoms with Gasteiger partial charge in [0.25, 0.3) is 0 Å². The molecule has 3 aromatic rings. The molecule has 0 aliphatic heterocycles. The van der Waals surface area contributed by atoms with Crippen LogP contribution in [-0.4, -0.2) is 35.3 Å². The van der Waals surface area contributed by atoms with Crippen LogP contribution in [0.1, 0.15) is 11.3 Å². The van der Waals surface area contributed by atoms with Gasteiger partial charge in [0.1, 0.15) is 5.75 Å². The largest absolute Gasteiger partial charge is 0.496 e. The minimum absolute atomic E-state index is 0.752. The average molecular weight is 324 g/mol. The molecule has 0 saturated heterocycles. The lowest BCUT2D eigenvalue weighted by molar-refractivity contribution is -0.107. The van der Waals surface area contributed by atoms with Crippen molar-refractivity contribution in [3.8, 4) is 16.9 Å². The van der Waals surface area contributed by atoms with Crippen molar-refractivity contribution >= 4 is 23.0 Å². The van der Waals surface area contributed by atoms with Crippen LogP contribution in [0.15, 0.2) is 24.5 Å². The number of pyridine rings is 1. The van der Waals surface area contributed by atoms with Gasteiger partial charge in [-0.05, 0) is 25.5 Å². The monoisotopic (exact) mass is 324 g/mol. The van der Waals surface area contributed by atoms with Gasteiger partial charge in [0.2, 0.25) is 6.41 Å².